The molecule has 0 radical (unpaired) electrons. The number of aromatic nitrogens is 1. The molecule has 0 atom stereocenters. The van der Waals surface area contributed by atoms with Crippen LogP contribution >= 0.6 is 11.6 Å². The third-order valence-electron chi connectivity index (χ3n) is 3.32. The number of para-hydroxylation sites is 1. The highest BCUT2D eigenvalue weighted by Crippen LogP contribution is 2.25. The summed E-state index contributed by atoms with van der Waals surface area (Å²) in [4.78, 5) is 0. The Morgan fingerprint density at radius 2 is 1.95 bits per heavy atom. The van der Waals surface area contributed by atoms with Crippen LogP contribution in [0.25, 0.3) is 10.9 Å². The minimum absolute atomic E-state index is 0.239. The van der Waals surface area contributed by atoms with Gasteiger partial charge in [-0.1, -0.05) is 23.7 Å². The molecule has 0 aliphatic heterocycles. The first-order valence-corrected chi connectivity index (χ1v) is 6.64. The Morgan fingerprint density at radius 3 is 2.75 bits per heavy atom. The minimum Gasteiger partial charge on any atom is -0.486 e. The van der Waals surface area contributed by atoms with Crippen LogP contribution in [0.5, 0.6) is 5.75 Å². The van der Waals surface area contributed by atoms with Gasteiger partial charge in [-0.25, -0.2) is 4.39 Å². The molecule has 0 aliphatic rings. The van der Waals surface area contributed by atoms with Crippen LogP contribution in [-0.2, 0) is 13.7 Å². The van der Waals surface area contributed by atoms with Gasteiger partial charge >= 0.3 is 0 Å². The lowest BCUT2D eigenvalue weighted by Gasteiger charge is -2.08. The van der Waals surface area contributed by atoms with E-state index in [0.717, 1.165) is 16.6 Å². The molecule has 2 nitrogen and oxygen atoms in total. The average molecular weight is 290 g/mol. The van der Waals surface area contributed by atoms with Gasteiger partial charge in [0.15, 0.2) is 0 Å². The summed E-state index contributed by atoms with van der Waals surface area (Å²) in [5.74, 6) is 0.405. The maximum absolute atomic E-state index is 13.3. The molecule has 3 aromatic rings. The van der Waals surface area contributed by atoms with Crippen LogP contribution in [0.2, 0.25) is 5.02 Å². The van der Waals surface area contributed by atoms with Gasteiger partial charge in [0, 0.05) is 12.4 Å². The van der Waals surface area contributed by atoms with Gasteiger partial charge < -0.3 is 9.30 Å². The molecule has 0 saturated heterocycles. The summed E-state index contributed by atoms with van der Waals surface area (Å²) in [6, 6.07) is 14.1. The zero-order valence-electron chi connectivity index (χ0n) is 10.9. The predicted octanol–water partition coefficient (Wildman–Crippen LogP) is 4.55. The normalized spacial score (nSPS) is 10.9. The molecule has 0 spiro atoms. The van der Waals surface area contributed by atoms with Crippen molar-refractivity contribution in [1.82, 2.24) is 4.57 Å². The van der Waals surface area contributed by atoms with E-state index in [0.29, 0.717) is 17.4 Å². The van der Waals surface area contributed by atoms with E-state index in [1.165, 1.54) is 12.1 Å². The van der Waals surface area contributed by atoms with Crippen LogP contribution in [0.4, 0.5) is 4.39 Å². The largest absolute Gasteiger partial charge is 0.486 e. The van der Waals surface area contributed by atoms with Gasteiger partial charge in [-0.2, -0.15) is 0 Å². The molecule has 1 aromatic heterocycles. The monoisotopic (exact) mass is 289 g/mol. The van der Waals surface area contributed by atoms with Crippen LogP contribution in [0.1, 0.15) is 5.69 Å². The lowest BCUT2D eigenvalue weighted by Crippen LogP contribution is -2.02. The summed E-state index contributed by atoms with van der Waals surface area (Å²) >= 11 is 6.05. The first-order chi connectivity index (χ1) is 9.65. The van der Waals surface area contributed by atoms with E-state index in [1.807, 2.05) is 35.9 Å². The van der Waals surface area contributed by atoms with Crippen molar-refractivity contribution in [2.24, 2.45) is 7.05 Å². The fraction of sp³-hybridized carbons (Fsp3) is 0.125. The third-order valence-corrected chi connectivity index (χ3v) is 3.63. The van der Waals surface area contributed by atoms with Gasteiger partial charge in [0.1, 0.15) is 18.2 Å². The van der Waals surface area contributed by atoms with Gasteiger partial charge in [0.05, 0.1) is 16.2 Å². The summed E-state index contributed by atoms with van der Waals surface area (Å²) in [6.07, 6.45) is 0. The molecule has 0 aliphatic carbocycles. The highest BCUT2D eigenvalue weighted by Gasteiger charge is 2.08. The molecule has 20 heavy (non-hydrogen) atoms. The molecular formula is C16H13ClFNO. The van der Waals surface area contributed by atoms with E-state index in [2.05, 4.69) is 0 Å². The fourth-order valence-corrected chi connectivity index (χ4v) is 2.40. The molecule has 4 heteroatoms. The number of aryl methyl sites for hydroxylation is 1. The standard InChI is InChI=1S/C16H13ClFNO/c1-19-13(8-11-6-7-12(18)9-15(11)19)10-20-16-5-3-2-4-14(16)17/h2-9H,10H2,1H3. The minimum atomic E-state index is -0.239. The van der Waals surface area contributed by atoms with Crippen LogP contribution in [0.3, 0.4) is 0 Å². The third kappa shape index (κ3) is 2.37. The Balaban J connectivity index is 1.88. The Hall–Kier alpha value is -2.00. The Labute approximate surface area is 121 Å². The van der Waals surface area contributed by atoms with Crippen LogP contribution in [-0.4, -0.2) is 4.57 Å². The Morgan fingerprint density at radius 1 is 1.15 bits per heavy atom. The quantitative estimate of drug-likeness (QED) is 0.690. The molecule has 2 aromatic carbocycles. The van der Waals surface area contributed by atoms with E-state index in [1.54, 1.807) is 12.1 Å². The Bertz CT molecular complexity index is 766. The van der Waals surface area contributed by atoms with Crippen molar-refractivity contribution in [1.29, 1.82) is 0 Å². The highest BCUT2D eigenvalue weighted by atomic mass is 35.5. The van der Waals surface area contributed by atoms with E-state index >= 15 is 0 Å². The fourth-order valence-electron chi connectivity index (χ4n) is 2.21. The molecule has 0 amide bonds. The van der Waals surface area contributed by atoms with Crippen molar-refractivity contribution in [3.63, 3.8) is 0 Å². The molecular weight excluding hydrogens is 277 g/mol. The van der Waals surface area contributed by atoms with E-state index < -0.39 is 0 Å². The van der Waals surface area contributed by atoms with Gasteiger partial charge in [-0.05, 0) is 36.4 Å². The van der Waals surface area contributed by atoms with E-state index in [-0.39, 0.29) is 5.82 Å². The second kappa shape index (κ2) is 5.17. The molecule has 0 saturated carbocycles. The van der Waals surface area contributed by atoms with Crippen molar-refractivity contribution in [3.05, 3.63) is 65.1 Å². The summed E-state index contributed by atoms with van der Waals surface area (Å²) in [5, 5.41) is 1.57. The van der Waals surface area contributed by atoms with E-state index in [9.17, 15) is 4.39 Å². The topological polar surface area (TPSA) is 14.2 Å². The lowest BCUT2D eigenvalue weighted by atomic mass is 10.2. The molecule has 3 rings (SSSR count). The number of rotatable bonds is 3. The smallest absolute Gasteiger partial charge is 0.138 e. The summed E-state index contributed by atoms with van der Waals surface area (Å²) in [6.45, 7) is 0.385. The molecule has 0 fully saturated rings. The van der Waals surface area contributed by atoms with Gasteiger partial charge in [0.25, 0.3) is 0 Å². The first-order valence-electron chi connectivity index (χ1n) is 6.26. The molecule has 102 valence electrons. The molecule has 1 heterocycles. The van der Waals surface area contributed by atoms with E-state index in [4.69, 9.17) is 16.3 Å². The van der Waals surface area contributed by atoms with Crippen LogP contribution < -0.4 is 4.74 Å². The van der Waals surface area contributed by atoms with Crippen molar-refractivity contribution in [2.45, 2.75) is 6.61 Å². The summed E-state index contributed by atoms with van der Waals surface area (Å²) in [5.41, 5.74) is 1.81. The maximum Gasteiger partial charge on any atom is 0.138 e. The van der Waals surface area contributed by atoms with Gasteiger partial charge in [0.2, 0.25) is 0 Å². The maximum atomic E-state index is 13.3. The second-order valence-electron chi connectivity index (χ2n) is 4.62. The van der Waals surface area contributed by atoms with Crippen molar-refractivity contribution in [3.8, 4) is 5.75 Å². The predicted molar refractivity (Wildman–Crippen MR) is 78.7 cm³/mol. The van der Waals surface area contributed by atoms with Crippen molar-refractivity contribution >= 4 is 22.5 Å². The number of benzene rings is 2. The average Bonchev–Trinajstić information content (AvgIpc) is 2.75. The number of halogens is 2. The van der Waals surface area contributed by atoms with Crippen LogP contribution in [0, 0.1) is 5.82 Å². The molecule has 0 N–H and O–H groups in total. The summed E-state index contributed by atoms with van der Waals surface area (Å²) < 4.78 is 20.9. The van der Waals surface area contributed by atoms with Crippen LogP contribution in [0.15, 0.2) is 48.5 Å². The number of hydrogen-bond acceptors (Lipinski definition) is 1. The van der Waals surface area contributed by atoms with Gasteiger partial charge in [-0.3, -0.25) is 0 Å². The first kappa shape index (κ1) is 13.0. The number of fused-ring (bicyclic) bond motifs is 1. The summed E-state index contributed by atoms with van der Waals surface area (Å²) in [7, 11) is 1.90. The number of nitrogens with zero attached hydrogens (tertiary/aromatic N) is 1. The van der Waals surface area contributed by atoms with Crippen molar-refractivity contribution in [2.75, 3.05) is 0 Å². The zero-order valence-corrected chi connectivity index (χ0v) is 11.7. The SMILES string of the molecule is Cn1c(COc2ccccc2Cl)cc2ccc(F)cc21. The number of ether oxygens (including phenoxy) is 1. The highest BCUT2D eigenvalue weighted by molar-refractivity contribution is 6.32. The molecule has 0 unspecified atom stereocenters. The number of hydrogen-bond donors (Lipinski definition) is 0. The van der Waals surface area contributed by atoms with Gasteiger partial charge in [-0.15, -0.1) is 0 Å². The second-order valence-corrected chi connectivity index (χ2v) is 5.02. The van der Waals surface area contributed by atoms with Crippen molar-refractivity contribution < 1.29 is 9.13 Å². The zero-order chi connectivity index (χ0) is 14.1. The molecule has 0 bridgehead atoms. The Kier molecular flexibility index (Phi) is 3.36. The lowest BCUT2D eigenvalue weighted by molar-refractivity contribution is 0.298.